The van der Waals surface area contributed by atoms with Crippen molar-refractivity contribution < 1.29 is 28.6 Å². The van der Waals surface area contributed by atoms with Gasteiger partial charge in [0.2, 0.25) is 0 Å². The van der Waals surface area contributed by atoms with Crippen LogP contribution in [-0.2, 0) is 9.53 Å². The topological polar surface area (TPSA) is 103 Å². The summed E-state index contributed by atoms with van der Waals surface area (Å²) in [7, 11) is 1.43. The van der Waals surface area contributed by atoms with Crippen LogP contribution >= 0.6 is 11.6 Å². The molecule has 162 valence electrons. The van der Waals surface area contributed by atoms with Gasteiger partial charge >= 0.3 is 12.0 Å². The van der Waals surface area contributed by atoms with Gasteiger partial charge in [0.25, 0.3) is 5.91 Å². The number of urea groups is 1. The molecule has 0 atom stereocenters. The lowest BCUT2D eigenvalue weighted by Gasteiger charge is -2.14. The van der Waals surface area contributed by atoms with Gasteiger partial charge in [-0.1, -0.05) is 39.3 Å². The molecule has 1 aromatic carbocycles. The molecule has 0 spiro atoms. The van der Waals surface area contributed by atoms with E-state index in [1.54, 1.807) is 0 Å². The molecule has 1 aromatic rings. The van der Waals surface area contributed by atoms with Crippen LogP contribution in [-0.4, -0.2) is 44.8 Å². The second kappa shape index (κ2) is 12.2. The fourth-order valence-corrected chi connectivity index (χ4v) is 2.36. The van der Waals surface area contributed by atoms with E-state index in [4.69, 9.17) is 25.8 Å². The molecule has 0 bridgehead atoms. The molecule has 0 aliphatic carbocycles. The van der Waals surface area contributed by atoms with Crippen molar-refractivity contribution in [3.63, 3.8) is 0 Å². The Morgan fingerprint density at radius 1 is 1.10 bits per heavy atom. The van der Waals surface area contributed by atoms with Gasteiger partial charge in [0.1, 0.15) is 0 Å². The lowest BCUT2D eigenvalue weighted by atomic mass is 10.1. The second-order valence-corrected chi connectivity index (χ2v) is 7.66. The first-order valence-corrected chi connectivity index (χ1v) is 9.76. The van der Waals surface area contributed by atoms with Crippen molar-refractivity contribution in [3.05, 3.63) is 22.7 Å². The summed E-state index contributed by atoms with van der Waals surface area (Å²) in [5.41, 5.74) is 0.0973. The molecule has 3 amide bonds. The van der Waals surface area contributed by atoms with E-state index in [-0.39, 0.29) is 22.3 Å². The number of nitrogens with one attached hydrogen (secondary N) is 2. The maximum Gasteiger partial charge on any atom is 0.338 e. The monoisotopic (exact) mass is 428 g/mol. The second-order valence-electron chi connectivity index (χ2n) is 7.25. The van der Waals surface area contributed by atoms with Gasteiger partial charge in [-0.25, -0.2) is 9.59 Å². The molecular formula is C20H29ClN2O6. The van der Waals surface area contributed by atoms with Crippen LogP contribution in [0.25, 0.3) is 0 Å². The van der Waals surface area contributed by atoms with Gasteiger partial charge in [-0.2, -0.15) is 0 Å². The molecule has 0 saturated heterocycles. The van der Waals surface area contributed by atoms with Gasteiger partial charge in [-0.15, -0.1) is 0 Å². The summed E-state index contributed by atoms with van der Waals surface area (Å²) in [4.78, 5) is 35.5. The molecule has 0 fully saturated rings. The Bertz CT molecular complexity index is 721. The summed E-state index contributed by atoms with van der Waals surface area (Å²) in [5.74, 6) is -0.196. The molecule has 0 saturated carbocycles. The average Bonchev–Trinajstić information content (AvgIpc) is 2.65. The Labute approximate surface area is 176 Å². The van der Waals surface area contributed by atoms with Gasteiger partial charge in [0.15, 0.2) is 18.1 Å². The van der Waals surface area contributed by atoms with Crippen LogP contribution in [0.3, 0.4) is 0 Å². The predicted molar refractivity (Wildman–Crippen MR) is 110 cm³/mol. The fourth-order valence-electron chi connectivity index (χ4n) is 2.09. The van der Waals surface area contributed by atoms with E-state index in [0.29, 0.717) is 24.8 Å². The van der Waals surface area contributed by atoms with Crippen LogP contribution in [0.4, 0.5) is 4.79 Å². The van der Waals surface area contributed by atoms with Gasteiger partial charge in [0.05, 0.1) is 24.3 Å². The number of halogens is 1. The molecule has 0 aliphatic heterocycles. The van der Waals surface area contributed by atoms with E-state index in [9.17, 15) is 14.4 Å². The highest BCUT2D eigenvalue weighted by Crippen LogP contribution is 2.36. The minimum Gasteiger partial charge on any atom is -0.493 e. The maximum absolute atomic E-state index is 12.2. The quantitative estimate of drug-likeness (QED) is 0.553. The van der Waals surface area contributed by atoms with Gasteiger partial charge in [-0.05, 0) is 30.4 Å². The van der Waals surface area contributed by atoms with Crippen molar-refractivity contribution in [2.75, 3.05) is 26.9 Å². The minimum absolute atomic E-state index is 0.0973. The molecular weight excluding hydrogens is 400 g/mol. The first-order chi connectivity index (χ1) is 13.6. The van der Waals surface area contributed by atoms with Gasteiger partial charge in [0, 0.05) is 6.54 Å². The van der Waals surface area contributed by atoms with Crippen molar-refractivity contribution in [2.45, 2.75) is 34.1 Å². The summed E-state index contributed by atoms with van der Waals surface area (Å²) in [6.07, 6.45) is 0.836. The van der Waals surface area contributed by atoms with Crippen molar-refractivity contribution >= 4 is 29.5 Å². The van der Waals surface area contributed by atoms with E-state index in [0.717, 1.165) is 6.42 Å². The van der Waals surface area contributed by atoms with Crippen molar-refractivity contribution in [1.29, 1.82) is 0 Å². The number of imide groups is 1. The zero-order valence-corrected chi connectivity index (χ0v) is 18.2. The minimum atomic E-state index is -0.781. The number of carbonyl (C=O) groups excluding carboxylic acids is 3. The molecule has 9 heteroatoms. The molecule has 2 N–H and O–H groups in total. The highest BCUT2D eigenvalue weighted by molar-refractivity contribution is 6.32. The SMILES string of the molecule is COc1cc(C(=O)OCC(=O)NC(=O)NCC(C)C)cc(Cl)c1OCCC(C)C. The molecule has 0 unspecified atom stereocenters. The average molecular weight is 429 g/mol. The molecule has 8 nitrogen and oxygen atoms in total. The Morgan fingerprint density at radius 2 is 1.79 bits per heavy atom. The number of ether oxygens (including phenoxy) is 3. The van der Waals surface area contributed by atoms with E-state index >= 15 is 0 Å². The van der Waals surface area contributed by atoms with Crippen molar-refractivity contribution in [2.24, 2.45) is 11.8 Å². The lowest BCUT2D eigenvalue weighted by Crippen LogP contribution is -2.42. The van der Waals surface area contributed by atoms with Crippen LogP contribution in [0.5, 0.6) is 11.5 Å². The van der Waals surface area contributed by atoms with Crippen LogP contribution < -0.4 is 20.1 Å². The Balaban J connectivity index is 2.66. The largest absolute Gasteiger partial charge is 0.493 e. The smallest absolute Gasteiger partial charge is 0.338 e. The Kier molecular flexibility index (Phi) is 10.3. The van der Waals surface area contributed by atoms with Crippen molar-refractivity contribution in [3.8, 4) is 11.5 Å². The summed E-state index contributed by atoms with van der Waals surface area (Å²) >= 11 is 6.22. The summed E-state index contributed by atoms with van der Waals surface area (Å²) in [6, 6.07) is 2.16. The summed E-state index contributed by atoms with van der Waals surface area (Å²) in [5, 5.41) is 4.80. The van der Waals surface area contributed by atoms with E-state index in [2.05, 4.69) is 24.5 Å². The lowest BCUT2D eigenvalue weighted by molar-refractivity contribution is -0.123. The third-order valence-electron chi connectivity index (χ3n) is 3.66. The maximum atomic E-state index is 12.2. The molecule has 0 aromatic heterocycles. The zero-order valence-electron chi connectivity index (χ0n) is 17.5. The number of rotatable bonds is 10. The normalized spacial score (nSPS) is 10.6. The van der Waals surface area contributed by atoms with Crippen molar-refractivity contribution in [1.82, 2.24) is 10.6 Å². The highest BCUT2D eigenvalue weighted by Gasteiger charge is 2.18. The Morgan fingerprint density at radius 3 is 2.38 bits per heavy atom. The van der Waals surface area contributed by atoms with E-state index < -0.39 is 24.5 Å². The molecule has 1 rings (SSSR count). The van der Waals surface area contributed by atoms with Crippen LogP contribution in [0, 0.1) is 11.8 Å². The predicted octanol–water partition coefficient (Wildman–Crippen LogP) is 3.41. The standard InChI is InChI=1S/C20H29ClN2O6/c1-12(2)6-7-28-18-15(21)8-14(9-16(18)27-5)19(25)29-11-17(24)23-20(26)22-10-13(3)4/h8-9,12-13H,6-7,10-11H2,1-5H3,(H2,22,23,24,26). The van der Waals surface area contributed by atoms with Crippen LogP contribution in [0.1, 0.15) is 44.5 Å². The number of methoxy groups -OCH3 is 1. The molecule has 0 heterocycles. The van der Waals surface area contributed by atoms with Crippen LogP contribution in [0.2, 0.25) is 5.02 Å². The number of hydrogen-bond donors (Lipinski definition) is 2. The number of esters is 1. The van der Waals surface area contributed by atoms with E-state index in [1.165, 1.54) is 19.2 Å². The zero-order chi connectivity index (χ0) is 22.0. The third kappa shape index (κ3) is 9.04. The number of amides is 3. The van der Waals surface area contributed by atoms with Gasteiger partial charge in [-0.3, -0.25) is 10.1 Å². The Hall–Kier alpha value is -2.48. The first-order valence-electron chi connectivity index (χ1n) is 9.39. The molecule has 29 heavy (non-hydrogen) atoms. The van der Waals surface area contributed by atoms with Crippen LogP contribution in [0.15, 0.2) is 12.1 Å². The highest BCUT2D eigenvalue weighted by atomic mass is 35.5. The number of carbonyl (C=O) groups is 3. The number of benzene rings is 1. The van der Waals surface area contributed by atoms with Gasteiger partial charge < -0.3 is 19.5 Å². The molecule has 0 radical (unpaired) electrons. The third-order valence-corrected chi connectivity index (χ3v) is 3.95. The molecule has 0 aliphatic rings. The number of hydrogen-bond acceptors (Lipinski definition) is 6. The fraction of sp³-hybridized carbons (Fsp3) is 0.550. The first kappa shape index (κ1) is 24.6. The summed E-state index contributed by atoms with van der Waals surface area (Å²) in [6.45, 7) is 8.25. The summed E-state index contributed by atoms with van der Waals surface area (Å²) < 4.78 is 15.9. The van der Waals surface area contributed by atoms with E-state index in [1.807, 2.05) is 13.8 Å².